The average molecular weight is 353 g/mol. The molecule has 1 aliphatic heterocycles. The molecule has 6 heteroatoms. The fraction of sp³-hybridized carbons (Fsp3) is 0.611. The second-order valence-electron chi connectivity index (χ2n) is 6.54. The van der Waals surface area contributed by atoms with Crippen molar-refractivity contribution in [2.45, 2.75) is 57.4 Å². The maximum atomic E-state index is 12.8. The van der Waals surface area contributed by atoms with E-state index in [0.717, 1.165) is 24.8 Å². The van der Waals surface area contributed by atoms with E-state index in [4.69, 9.17) is 0 Å². The van der Waals surface area contributed by atoms with Crippen LogP contribution >= 0.6 is 0 Å². The monoisotopic (exact) mass is 352 g/mol. The van der Waals surface area contributed by atoms with Gasteiger partial charge in [-0.05, 0) is 44.7 Å². The van der Waals surface area contributed by atoms with E-state index in [9.17, 15) is 13.2 Å². The molecule has 0 saturated carbocycles. The Balaban J connectivity index is 2.09. The van der Waals surface area contributed by atoms with Crippen LogP contribution in [0.2, 0.25) is 0 Å². The number of rotatable bonds is 6. The van der Waals surface area contributed by atoms with E-state index in [0.29, 0.717) is 17.9 Å². The summed E-state index contributed by atoms with van der Waals surface area (Å²) < 4.78 is 27.0. The average Bonchev–Trinajstić information content (AvgIpc) is 2.60. The summed E-state index contributed by atoms with van der Waals surface area (Å²) in [6, 6.07) is 7.04. The molecule has 5 nitrogen and oxygen atoms in total. The maximum Gasteiger partial charge on any atom is 0.243 e. The third-order valence-electron chi connectivity index (χ3n) is 4.75. The molecule has 0 unspecified atom stereocenters. The molecule has 24 heavy (non-hydrogen) atoms. The SMILES string of the molecule is CCC(CC)NC(=O)[C@H]1CCCN(S(=O)(=O)c2ccc(C)cc2)C1. The van der Waals surface area contributed by atoms with Gasteiger partial charge in [0.25, 0.3) is 0 Å². The summed E-state index contributed by atoms with van der Waals surface area (Å²) in [5.74, 6) is -0.285. The minimum absolute atomic E-state index is 0.0208. The highest BCUT2D eigenvalue weighted by Gasteiger charge is 2.33. The molecule has 1 heterocycles. The van der Waals surface area contributed by atoms with Crippen molar-refractivity contribution in [3.63, 3.8) is 0 Å². The second kappa shape index (κ2) is 8.12. The van der Waals surface area contributed by atoms with Crippen molar-refractivity contribution in [2.75, 3.05) is 13.1 Å². The van der Waals surface area contributed by atoms with Crippen molar-refractivity contribution in [1.82, 2.24) is 9.62 Å². The first-order valence-corrected chi connectivity index (χ1v) is 10.2. The number of nitrogens with zero attached hydrogens (tertiary/aromatic N) is 1. The Kier molecular flexibility index (Phi) is 6.40. The van der Waals surface area contributed by atoms with Gasteiger partial charge >= 0.3 is 0 Å². The highest BCUT2D eigenvalue weighted by Crippen LogP contribution is 2.24. The van der Waals surface area contributed by atoms with Crippen LogP contribution < -0.4 is 5.32 Å². The molecule has 0 spiro atoms. The summed E-state index contributed by atoms with van der Waals surface area (Å²) >= 11 is 0. The van der Waals surface area contributed by atoms with E-state index in [1.54, 1.807) is 24.3 Å². The summed E-state index contributed by atoms with van der Waals surface area (Å²) in [5.41, 5.74) is 1.02. The van der Waals surface area contributed by atoms with Gasteiger partial charge in [-0.3, -0.25) is 4.79 Å². The number of hydrogen-bond donors (Lipinski definition) is 1. The molecule has 2 rings (SSSR count). The highest BCUT2D eigenvalue weighted by atomic mass is 32.2. The second-order valence-corrected chi connectivity index (χ2v) is 8.48. The number of carbonyl (C=O) groups is 1. The van der Waals surface area contributed by atoms with E-state index in [-0.39, 0.29) is 24.4 Å². The van der Waals surface area contributed by atoms with Crippen LogP contribution in [-0.4, -0.2) is 37.8 Å². The third kappa shape index (κ3) is 4.36. The molecule has 1 fully saturated rings. The van der Waals surface area contributed by atoms with Gasteiger partial charge < -0.3 is 5.32 Å². The van der Waals surface area contributed by atoms with Crippen molar-refractivity contribution >= 4 is 15.9 Å². The predicted octanol–water partition coefficient (Wildman–Crippen LogP) is 2.70. The number of nitrogens with one attached hydrogen (secondary N) is 1. The molecule has 1 N–H and O–H groups in total. The van der Waals surface area contributed by atoms with Gasteiger partial charge in [0, 0.05) is 19.1 Å². The highest BCUT2D eigenvalue weighted by molar-refractivity contribution is 7.89. The van der Waals surface area contributed by atoms with Crippen LogP contribution in [0.3, 0.4) is 0 Å². The number of hydrogen-bond acceptors (Lipinski definition) is 3. The number of amides is 1. The first kappa shape index (κ1) is 18.9. The summed E-state index contributed by atoms with van der Waals surface area (Å²) in [5, 5.41) is 3.04. The Morgan fingerprint density at radius 2 is 1.88 bits per heavy atom. The van der Waals surface area contributed by atoms with Crippen molar-refractivity contribution in [2.24, 2.45) is 5.92 Å². The maximum absolute atomic E-state index is 12.8. The Bertz CT molecular complexity index is 651. The molecule has 1 aromatic carbocycles. The van der Waals surface area contributed by atoms with E-state index < -0.39 is 10.0 Å². The van der Waals surface area contributed by atoms with Crippen molar-refractivity contribution in [3.8, 4) is 0 Å². The van der Waals surface area contributed by atoms with Crippen LogP contribution in [0.5, 0.6) is 0 Å². The van der Waals surface area contributed by atoms with Gasteiger partial charge in [-0.1, -0.05) is 31.5 Å². The lowest BCUT2D eigenvalue weighted by atomic mass is 9.98. The Hall–Kier alpha value is -1.40. The van der Waals surface area contributed by atoms with Gasteiger partial charge in [-0.25, -0.2) is 8.42 Å². The molecule has 134 valence electrons. The fourth-order valence-electron chi connectivity index (χ4n) is 3.05. The molecule has 1 saturated heterocycles. The van der Waals surface area contributed by atoms with Crippen LogP contribution in [0.1, 0.15) is 45.1 Å². The zero-order valence-electron chi connectivity index (χ0n) is 14.8. The standard InChI is InChI=1S/C18H28N2O3S/c1-4-16(5-2)19-18(21)15-7-6-12-20(13-15)24(22,23)17-10-8-14(3)9-11-17/h8-11,15-16H,4-7,12-13H2,1-3H3,(H,19,21)/t15-/m0/s1. The minimum Gasteiger partial charge on any atom is -0.353 e. The van der Waals surface area contributed by atoms with E-state index in [1.807, 2.05) is 20.8 Å². The quantitative estimate of drug-likeness (QED) is 0.856. The molecular weight excluding hydrogens is 324 g/mol. The summed E-state index contributed by atoms with van der Waals surface area (Å²) in [6.45, 7) is 6.76. The van der Waals surface area contributed by atoms with Crippen LogP contribution in [0, 0.1) is 12.8 Å². The fourth-order valence-corrected chi connectivity index (χ4v) is 4.57. The van der Waals surface area contributed by atoms with Gasteiger partial charge in [0.2, 0.25) is 15.9 Å². The van der Waals surface area contributed by atoms with Gasteiger partial charge in [-0.15, -0.1) is 0 Å². The molecule has 0 bridgehead atoms. The number of piperidine rings is 1. The third-order valence-corrected chi connectivity index (χ3v) is 6.63. The van der Waals surface area contributed by atoms with Gasteiger partial charge in [0.05, 0.1) is 10.8 Å². The first-order valence-electron chi connectivity index (χ1n) is 8.75. The lowest BCUT2D eigenvalue weighted by Crippen LogP contribution is -2.47. The smallest absolute Gasteiger partial charge is 0.243 e. The summed E-state index contributed by atoms with van der Waals surface area (Å²) in [6.07, 6.45) is 3.23. The zero-order valence-corrected chi connectivity index (χ0v) is 15.6. The van der Waals surface area contributed by atoms with Gasteiger partial charge in [0.1, 0.15) is 0 Å². The molecule has 0 aliphatic carbocycles. The predicted molar refractivity (Wildman–Crippen MR) is 95.2 cm³/mol. The molecule has 1 aliphatic rings. The van der Waals surface area contributed by atoms with Crippen molar-refractivity contribution < 1.29 is 13.2 Å². The largest absolute Gasteiger partial charge is 0.353 e. The zero-order chi connectivity index (χ0) is 17.7. The van der Waals surface area contributed by atoms with Crippen LogP contribution in [0.4, 0.5) is 0 Å². The van der Waals surface area contributed by atoms with Crippen LogP contribution in [0.15, 0.2) is 29.2 Å². The minimum atomic E-state index is -3.53. The van der Waals surface area contributed by atoms with Gasteiger partial charge in [0.15, 0.2) is 0 Å². The molecule has 1 atom stereocenters. The number of sulfonamides is 1. The van der Waals surface area contributed by atoms with Crippen LogP contribution in [0.25, 0.3) is 0 Å². The number of aryl methyl sites for hydroxylation is 1. The van der Waals surface area contributed by atoms with Crippen molar-refractivity contribution in [3.05, 3.63) is 29.8 Å². The molecule has 1 aromatic rings. The lowest BCUT2D eigenvalue weighted by Gasteiger charge is -2.32. The van der Waals surface area contributed by atoms with E-state index >= 15 is 0 Å². The first-order chi connectivity index (χ1) is 11.4. The molecule has 0 radical (unpaired) electrons. The van der Waals surface area contributed by atoms with E-state index in [1.165, 1.54) is 4.31 Å². The number of benzene rings is 1. The lowest BCUT2D eigenvalue weighted by molar-refractivity contribution is -0.126. The Morgan fingerprint density at radius 3 is 2.46 bits per heavy atom. The number of carbonyl (C=O) groups excluding carboxylic acids is 1. The molecular formula is C18H28N2O3S. The summed E-state index contributed by atoms with van der Waals surface area (Å²) in [7, 11) is -3.53. The van der Waals surface area contributed by atoms with Gasteiger partial charge in [-0.2, -0.15) is 4.31 Å². The molecule has 0 aromatic heterocycles. The van der Waals surface area contributed by atoms with E-state index in [2.05, 4.69) is 5.32 Å². The normalized spacial score (nSPS) is 19.4. The topological polar surface area (TPSA) is 66.5 Å². The van der Waals surface area contributed by atoms with Crippen molar-refractivity contribution in [1.29, 1.82) is 0 Å². The molecule has 1 amide bonds. The van der Waals surface area contributed by atoms with Crippen LogP contribution in [-0.2, 0) is 14.8 Å². The Labute approximate surface area is 145 Å². The summed E-state index contributed by atoms with van der Waals surface area (Å²) in [4.78, 5) is 12.7. The Morgan fingerprint density at radius 1 is 1.25 bits per heavy atom.